The summed E-state index contributed by atoms with van der Waals surface area (Å²) in [6.07, 6.45) is 1.33. The Kier molecular flexibility index (Phi) is 3.78. The molecular weight excluding hydrogens is 347 g/mol. The number of hydrogen-bond acceptors (Lipinski definition) is 4. The highest BCUT2D eigenvalue weighted by atomic mass is 19.1. The van der Waals surface area contributed by atoms with E-state index in [9.17, 15) is 9.18 Å². The first kappa shape index (κ1) is 16.2. The minimum Gasteiger partial charge on any atom is -0.311 e. The van der Waals surface area contributed by atoms with Crippen molar-refractivity contribution in [3.05, 3.63) is 53.1 Å². The first-order valence-corrected chi connectivity index (χ1v) is 9.10. The third-order valence-corrected chi connectivity index (χ3v) is 5.20. The van der Waals surface area contributed by atoms with E-state index in [0.29, 0.717) is 12.2 Å². The van der Waals surface area contributed by atoms with Gasteiger partial charge in [0.15, 0.2) is 5.82 Å². The summed E-state index contributed by atoms with van der Waals surface area (Å²) in [5.74, 6) is -0.0304. The molecule has 1 amide bonds. The van der Waals surface area contributed by atoms with E-state index >= 15 is 0 Å². The Balaban J connectivity index is 1.60. The quantitative estimate of drug-likeness (QED) is 0.650. The minimum absolute atomic E-state index is 0.0778. The Morgan fingerprint density at radius 1 is 1.22 bits per heavy atom. The molecular formula is C19H19FN6O. The third kappa shape index (κ3) is 2.82. The Morgan fingerprint density at radius 3 is 2.93 bits per heavy atom. The zero-order valence-electron chi connectivity index (χ0n) is 14.6. The fourth-order valence-electron chi connectivity index (χ4n) is 3.90. The highest BCUT2D eigenvalue weighted by Gasteiger charge is 2.34. The van der Waals surface area contributed by atoms with Crippen molar-refractivity contribution in [2.24, 2.45) is 0 Å². The van der Waals surface area contributed by atoms with Crippen molar-refractivity contribution in [1.29, 1.82) is 0 Å². The molecule has 2 aromatic heterocycles. The highest BCUT2D eigenvalue weighted by Crippen LogP contribution is 2.41. The van der Waals surface area contributed by atoms with Gasteiger partial charge in [0, 0.05) is 36.6 Å². The van der Waals surface area contributed by atoms with E-state index in [2.05, 4.69) is 26.9 Å². The second-order valence-corrected chi connectivity index (χ2v) is 6.99. The minimum atomic E-state index is -0.290. The molecule has 3 aromatic rings. The maximum Gasteiger partial charge on any atom is 0.226 e. The van der Waals surface area contributed by atoms with E-state index in [1.54, 1.807) is 12.1 Å². The molecule has 1 atom stereocenters. The molecule has 0 spiro atoms. The summed E-state index contributed by atoms with van der Waals surface area (Å²) in [7, 11) is 0. The molecule has 27 heavy (non-hydrogen) atoms. The Labute approximate surface area is 155 Å². The second-order valence-electron chi connectivity index (χ2n) is 6.99. The zero-order valence-corrected chi connectivity index (χ0v) is 14.6. The summed E-state index contributed by atoms with van der Waals surface area (Å²) in [5, 5.41) is 18.3. The summed E-state index contributed by atoms with van der Waals surface area (Å²) >= 11 is 0. The van der Waals surface area contributed by atoms with Crippen molar-refractivity contribution >= 4 is 11.7 Å². The van der Waals surface area contributed by atoms with Crippen molar-refractivity contribution in [3.8, 4) is 11.3 Å². The number of aromatic nitrogens is 4. The van der Waals surface area contributed by atoms with Crippen molar-refractivity contribution in [1.82, 2.24) is 25.3 Å². The lowest BCUT2D eigenvalue weighted by Crippen LogP contribution is -2.23. The van der Waals surface area contributed by atoms with Crippen LogP contribution in [0.2, 0.25) is 0 Å². The van der Waals surface area contributed by atoms with Gasteiger partial charge in [0.2, 0.25) is 5.91 Å². The standard InChI is InChI=1S/C19H19FN6O/c20-12-4-2-11(3-5-12)18-17-14(9-16(27)22-19(17)24-23-18)15-8-13-10-21-6-1-7-26(13)25-15/h2-5,8,14,21H,1,6-7,9-10H2,(H2,22,23,24,27). The van der Waals surface area contributed by atoms with Gasteiger partial charge in [-0.15, -0.1) is 0 Å². The fourth-order valence-corrected chi connectivity index (χ4v) is 3.90. The van der Waals surface area contributed by atoms with Crippen LogP contribution in [0.5, 0.6) is 0 Å². The van der Waals surface area contributed by atoms with Crippen LogP contribution in [0.25, 0.3) is 11.3 Å². The first-order valence-electron chi connectivity index (χ1n) is 9.10. The summed E-state index contributed by atoms with van der Waals surface area (Å²) in [5.41, 5.74) is 4.52. The number of nitrogens with zero attached hydrogens (tertiary/aromatic N) is 3. The molecule has 138 valence electrons. The van der Waals surface area contributed by atoms with Crippen LogP contribution in [-0.4, -0.2) is 32.4 Å². The van der Waals surface area contributed by atoms with Gasteiger partial charge in [-0.25, -0.2) is 4.39 Å². The molecule has 1 unspecified atom stereocenters. The van der Waals surface area contributed by atoms with E-state index in [1.165, 1.54) is 12.1 Å². The lowest BCUT2D eigenvalue weighted by atomic mass is 9.87. The molecule has 0 aliphatic carbocycles. The molecule has 2 aliphatic heterocycles. The van der Waals surface area contributed by atoms with Crippen LogP contribution in [0.15, 0.2) is 30.3 Å². The van der Waals surface area contributed by atoms with E-state index in [1.807, 2.05) is 4.68 Å². The normalized spacial score (nSPS) is 19.1. The Hall–Kier alpha value is -3.00. The number of halogens is 1. The number of fused-ring (bicyclic) bond motifs is 2. The number of rotatable bonds is 2. The summed E-state index contributed by atoms with van der Waals surface area (Å²) in [4.78, 5) is 12.2. The molecule has 0 saturated heterocycles. The van der Waals surface area contributed by atoms with Crippen molar-refractivity contribution in [3.63, 3.8) is 0 Å². The number of H-pyrrole nitrogens is 1. The largest absolute Gasteiger partial charge is 0.311 e. The molecule has 0 bridgehead atoms. The first-order chi connectivity index (χ1) is 13.2. The third-order valence-electron chi connectivity index (χ3n) is 5.20. The van der Waals surface area contributed by atoms with E-state index in [0.717, 1.165) is 54.3 Å². The van der Waals surface area contributed by atoms with Crippen molar-refractivity contribution < 1.29 is 9.18 Å². The summed E-state index contributed by atoms with van der Waals surface area (Å²) in [6, 6.07) is 8.34. The number of carbonyl (C=O) groups excluding carboxylic acids is 1. The van der Waals surface area contributed by atoms with Gasteiger partial charge >= 0.3 is 0 Å². The SMILES string of the molecule is O=C1CC(c2cc3n(n2)CCCNC3)c2c(n[nH]c2-c2ccc(F)cc2)N1. The number of hydrogen-bond donors (Lipinski definition) is 3. The molecule has 0 fully saturated rings. The smallest absolute Gasteiger partial charge is 0.226 e. The van der Waals surface area contributed by atoms with Gasteiger partial charge in [0.1, 0.15) is 5.82 Å². The van der Waals surface area contributed by atoms with Crippen LogP contribution in [0.3, 0.4) is 0 Å². The lowest BCUT2D eigenvalue weighted by Gasteiger charge is -2.21. The predicted octanol–water partition coefficient (Wildman–Crippen LogP) is 2.38. The molecule has 8 heteroatoms. The van der Waals surface area contributed by atoms with Crippen LogP contribution >= 0.6 is 0 Å². The van der Waals surface area contributed by atoms with E-state index < -0.39 is 0 Å². The van der Waals surface area contributed by atoms with E-state index in [-0.39, 0.29) is 17.6 Å². The van der Waals surface area contributed by atoms with Crippen molar-refractivity contribution in [2.45, 2.75) is 31.8 Å². The average Bonchev–Trinajstić information content (AvgIpc) is 3.20. The van der Waals surface area contributed by atoms with Gasteiger partial charge in [-0.3, -0.25) is 14.6 Å². The summed E-state index contributed by atoms with van der Waals surface area (Å²) in [6.45, 7) is 2.62. The van der Waals surface area contributed by atoms with E-state index in [4.69, 9.17) is 5.10 Å². The van der Waals surface area contributed by atoms with Gasteiger partial charge < -0.3 is 10.6 Å². The molecule has 3 N–H and O–H groups in total. The fraction of sp³-hybridized carbons (Fsp3) is 0.316. The molecule has 2 aliphatic rings. The van der Waals surface area contributed by atoms with Gasteiger partial charge in [-0.2, -0.15) is 10.2 Å². The topological polar surface area (TPSA) is 87.6 Å². The lowest BCUT2D eigenvalue weighted by molar-refractivity contribution is -0.116. The van der Waals surface area contributed by atoms with Crippen LogP contribution < -0.4 is 10.6 Å². The maximum absolute atomic E-state index is 13.3. The number of aromatic amines is 1. The zero-order chi connectivity index (χ0) is 18.4. The predicted molar refractivity (Wildman–Crippen MR) is 97.6 cm³/mol. The van der Waals surface area contributed by atoms with Crippen LogP contribution in [0.1, 0.15) is 35.7 Å². The average molecular weight is 366 g/mol. The summed E-state index contributed by atoms with van der Waals surface area (Å²) < 4.78 is 15.3. The number of carbonyl (C=O) groups is 1. The monoisotopic (exact) mass is 366 g/mol. The Bertz CT molecular complexity index is 982. The second kappa shape index (κ2) is 6.31. The molecule has 7 nitrogen and oxygen atoms in total. The molecule has 4 heterocycles. The number of anilines is 1. The number of benzene rings is 1. The number of amides is 1. The number of nitrogens with one attached hydrogen (secondary N) is 3. The van der Waals surface area contributed by atoms with Crippen LogP contribution in [-0.2, 0) is 17.9 Å². The van der Waals surface area contributed by atoms with Crippen LogP contribution in [0.4, 0.5) is 10.2 Å². The number of aryl methyl sites for hydroxylation is 1. The van der Waals surface area contributed by atoms with Gasteiger partial charge in [-0.05, 0) is 43.3 Å². The van der Waals surface area contributed by atoms with Crippen molar-refractivity contribution in [2.75, 3.05) is 11.9 Å². The van der Waals surface area contributed by atoms with Gasteiger partial charge in [-0.1, -0.05) is 0 Å². The van der Waals surface area contributed by atoms with Gasteiger partial charge in [0.25, 0.3) is 0 Å². The molecule has 5 rings (SSSR count). The highest BCUT2D eigenvalue weighted by molar-refractivity contribution is 5.95. The van der Waals surface area contributed by atoms with Gasteiger partial charge in [0.05, 0.1) is 17.1 Å². The molecule has 0 radical (unpaired) electrons. The Morgan fingerprint density at radius 2 is 2.07 bits per heavy atom. The molecule has 1 aromatic carbocycles. The maximum atomic E-state index is 13.3. The molecule has 0 saturated carbocycles. The van der Waals surface area contributed by atoms with Crippen LogP contribution in [0, 0.1) is 5.82 Å².